The summed E-state index contributed by atoms with van der Waals surface area (Å²) < 4.78 is 31.6. The number of rotatable bonds is 8. The highest BCUT2D eigenvalue weighted by Gasteiger charge is 2.03. The molecule has 0 fully saturated rings. The van der Waals surface area contributed by atoms with E-state index in [2.05, 4.69) is 0 Å². The first-order valence-corrected chi connectivity index (χ1v) is 8.15. The van der Waals surface area contributed by atoms with E-state index in [0.717, 1.165) is 5.56 Å². The molecule has 0 amide bonds. The maximum atomic E-state index is 10.6. The molecule has 0 bridgehead atoms. The van der Waals surface area contributed by atoms with Gasteiger partial charge in [-0.1, -0.05) is 23.7 Å². The molecule has 0 aromatic heterocycles. The molecule has 0 aliphatic heterocycles. The highest BCUT2D eigenvalue weighted by molar-refractivity contribution is 8.13. The summed E-state index contributed by atoms with van der Waals surface area (Å²) in [4.78, 5) is 0. The van der Waals surface area contributed by atoms with E-state index in [1.807, 2.05) is 18.2 Å². The van der Waals surface area contributed by atoms with Crippen LogP contribution in [0.4, 0.5) is 0 Å². The molecule has 0 atom stereocenters. The predicted molar refractivity (Wildman–Crippen MR) is 71.6 cm³/mol. The van der Waals surface area contributed by atoms with Crippen LogP contribution in [0.25, 0.3) is 0 Å². The van der Waals surface area contributed by atoms with Gasteiger partial charge in [0.05, 0.1) is 32.2 Å². The average molecular weight is 313 g/mol. The van der Waals surface area contributed by atoms with Gasteiger partial charge >= 0.3 is 0 Å². The van der Waals surface area contributed by atoms with E-state index in [4.69, 9.17) is 31.8 Å². The Morgan fingerprint density at radius 2 is 1.83 bits per heavy atom. The summed E-state index contributed by atoms with van der Waals surface area (Å²) in [5.41, 5.74) is 0.978. The molecular weight excluding hydrogens is 299 g/mol. The van der Waals surface area contributed by atoms with Crippen LogP contribution in [0.1, 0.15) is 5.56 Å². The molecule has 1 rings (SSSR count). The van der Waals surface area contributed by atoms with Crippen molar-refractivity contribution < 1.29 is 17.9 Å². The lowest BCUT2D eigenvalue weighted by Crippen LogP contribution is -2.10. The Bertz CT molecular complexity index is 462. The second-order valence-corrected chi connectivity index (χ2v) is 6.87. The molecule has 4 nitrogen and oxygen atoms in total. The molecule has 0 aliphatic rings. The fourth-order valence-electron chi connectivity index (χ4n) is 1.20. The maximum absolute atomic E-state index is 10.6. The normalized spacial score (nSPS) is 11.7. The largest absolute Gasteiger partial charge is 0.378 e. The first-order chi connectivity index (χ1) is 8.47. The fourth-order valence-corrected chi connectivity index (χ4v) is 1.91. The summed E-state index contributed by atoms with van der Waals surface area (Å²) in [6.07, 6.45) is 0. The van der Waals surface area contributed by atoms with Crippen LogP contribution in [0.3, 0.4) is 0 Å². The van der Waals surface area contributed by atoms with Gasteiger partial charge in [-0.05, 0) is 17.7 Å². The van der Waals surface area contributed by atoms with Gasteiger partial charge in [-0.15, -0.1) is 0 Å². The molecule has 0 N–H and O–H groups in total. The van der Waals surface area contributed by atoms with Crippen molar-refractivity contribution >= 4 is 31.3 Å². The number of hydrogen-bond donors (Lipinski definition) is 0. The lowest BCUT2D eigenvalue weighted by Gasteiger charge is -2.05. The molecular formula is C11H14Cl2O4S. The molecule has 0 heterocycles. The minimum atomic E-state index is -3.47. The van der Waals surface area contributed by atoms with E-state index in [0.29, 0.717) is 24.8 Å². The topological polar surface area (TPSA) is 52.6 Å². The Balaban J connectivity index is 2.06. The van der Waals surface area contributed by atoms with Crippen molar-refractivity contribution in [2.45, 2.75) is 6.61 Å². The first-order valence-electron chi connectivity index (χ1n) is 5.29. The van der Waals surface area contributed by atoms with Crippen LogP contribution in [-0.4, -0.2) is 34.0 Å². The molecule has 18 heavy (non-hydrogen) atoms. The van der Waals surface area contributed by atoms with Crippen LogP contribution in [0.5, 0.6) is 0 Å². The molecule has 1 aromatic carbocycles. The van der Waals surface area contributed by atoms with Gasteiger partial charge in [-0.25, -0.2) is 8.42 Å². The van der Waals surface area contributed by atoms with Crippen LogP contribution < -0.4 is 0 Å². The van der Waals surface area contributed by atoms with Gasteiger partial charge in [0.15, 0.2) is 0 Å². The highest BCUT2D eigenvalue weighted by atomic mass is 35.7. The zero-order valence-corrected chi connectivity index (χ0v) is 12.0. The predicted octanol–water partition coefficient (Wildman–Crippen LogP) is 2.44. The van der Waals surface area contributed by atoms with Gasteiger partial charge in [0, 0.05) is 15.7 Å². The van der Waals surface area contributed by atoms with E-state index in [1.165, 1.54) is 0 Å². The third kappa shape index (κ3) is 7.89. The van der Waals surface area contributed by atoms with Gasteiger partial charge in [-0.3, -0.25) is 0 Å². The number of benzene rings is 1. The highest BCUT2D eigenvalue weighted by Crippen LogP contribution is 2.11. The maximum Gasteiger partial charge on any atom is 0.234 e. The van der Waals surface area contributed by atoms with Crippen molar-refractivity contribution in [3.05, 3.63) is 34.9 Å². The van der Waals surface area contributed by atoms with Crippen molar-refractivity contribution in [2.75, 3.05) is 25.6 Å². The smallest absolute Gasteiger partial charge is 0.234 e. The van der Waals surface area contributed by atoms with Crippen molar-refractivity contribution in [1.29, 1.82) is 0 Å². The SMILES string of the molecule is O=S(=O)(Cl)CCOCCOCc1cccc(Cl)c1. The molecule has 102 valence electrons. The second kappa shape index (κ2) is 7.96. The van der Waals surface area contributed by atoms with Gasteiger partial charge < -0.3 is 9.47 Å². The minimum Gasteiger partial charge on any atom is -0.378 e. The Kier molecular flexibility index (Phi) is 6.96. The van der Waals surface area contributed by atoms with E-state index in [-0.39, 0.29) is 12.4 Å². The molecule has 0 radical (unpaired) electrons. The lowest BCUT2D eigenvalue weighted by molar-refractivity contribution is 0.0459. The summed E-state index contributed by atoms with van der Waals surface area (Å²) in [6.45, 7) is 1.23. The third-order valence-electron chi connectivity index (χ3n) is 2.00. The Labute approximate surface area is 116 Å². The quantitative estimate of drug-likeness (QED) is 0.546. The molecule has 7 heteroatoms. The summed E-state index contributed by atoms with van der Waals surface area (Å²) in [7, 11) is 1.54. The Morgan fingerprint density at radius 3 is 2.50 bits per heavy atom. The van der Waals surface area contributed by atoms with E-state index in [1.54, 1.807) is 6.07 Å². The summed E-state index contributed by atoms with van der Waals surface area (Å²) in [5, 5.41) is 0.666. The first kappa shape index (κ1) is 15.7. The summed E-state index contributed by atoms with van der Waals surface area (Å²) in [6, 6.07) is 7.37. The summed E-state index contributed by atoms with van der Waals surface area (Å²) in [5.74, 6) is -0.192. The average Bonchev–Trinajstić information content (AvgIpc) is 2.26. The number of hydrogen-bond acceptors (Lipinski definition) is 4. The number of ether oxygens (including phenoxy) is 2. The second-order valence-electron chi connectivity index (χ2n) is 3.54. The van der Waals surface area contributed by atoms with Crippen LogP contribution in [0.15, 0.2) is 24.3 Å². The Hall–Kier alpha value is -0.330. The van der Waals surface area contributed by atoms with Gasteiger partial charge in [0.25, 0.3) is 0 Å². The van der Waals surface area contributed by atoms with Crippen molar-refractivity contribution in [2.24, 2.45) is 0 Å². The van der Waals surface area contributed by atoms with Crippen LogP contribution >= 0.6 is 22.3 Å². The van der Waals surface area contributed by atoms with Crippen LogP contribution in [-0.2, 0) is 25.1 Å². The molecule has 0 aliphatic carbocycles. The van der Waals surface area contributed by atoms with E-state index >= 15 is 0 Å². The zero-order valence-electron chi connectivity index (χ0n) is 9.64. The standard InChI is InChI=1S/C11H14Cl2O4S/c12-11-3-1-2-10(8-11)9-17-5-4-16-6-7-18(13,14)15/h1-3,8H,4-7,9H2. The van der Waals surface area contributed by atoms with Crippen LogP contribution in [0, 0.1) is 0 Å². The monoisotopic (exact) mass is 312 g/mol. The van der Waals surface area contributed by atoms with Gasteiger partial charge in [0.2, 0.25) is 9.05 Å². The molecule has 0 spiro atoms. The van der Waals surface area contributed by atoms with Crippen molar-refractivity contribution in [3.63, 3.8) is 0 Å². The van der Waals surface area contributed by atoms with Crippen LogP contribution in [0.2, 0.25) is 5.02 Å². The zero-order chi connectivity index (χ0) is 13.4. The van der Waals surface area contributed by atoms with Crippen molar-refractivity contribution in [3.8, 4) is 0 Å². The Morgan fingerprint density at radius 1 is 1.11 bits per heavy atom. The molecule has 1 aromatic rings. The van der Waals surface area contributed by atoms with E-state index < -0.39 is 9.05 Å². The fraction of sp³-hybridized carbons (Fsp3) is 0.455. The molecule has 0 saturated heterocycles. The summed E-state index contributed by atoms with van der Waals surface area (Å²) >= 11 is 5.82. The van der Waals surface area contributed by atoms with E-state index in [9.17, 15) is 8.42 Å². The third-order valence-corrected chi connectivity index (χ3v) is 3.35. The lowest BCUT2D eigenvalue weighted by atomic mass is 10.2. The minimum absolute atomic E-state index is 0.0758. The molecule has 0 saturated carbocycles. The van der Waals surface area contributed by atoms with Gasteiger partial charge in [0.1, 0.15) is 0 Å². The van der Waals surface area contributed by atoms with Crippen molar-refractivity contribution in [1.82, 2.24) is 0 Å². The van der Waals surface area contributed by atoms with Gasteiger partial charge in [-0.2, -0.15) is 0 Å². The number of halogens is 2. The molecule has 0 unspecified atom stereocenters.